The van der Waals surface area contributed by atoms with Crippen molar-refractivity contribution < 1.29 is 19.0 Å². The predicted molar refractivity (Wildman–Crippen MR) is 107 cm³/mol. The normalized spacial score (nSPS) is 10.5. The van der Waals surface area contributed by atoms with Crippen LogP contribution in [0.4, 0.5) is 0 Å². The van der Waals surface area contributed by atoms with Gasteiger partial charge in [0.25, 0.3) is 0 Å². The lowest BCUT2D eigenvalue weighted by Crippen LogP contribution is -2.01. The average Bonchev–Trinajstić information content (AvgIpc) is 2.67. The van der Waals surface area contributed by atoms with Gasteiger partial charge in [0.1, 0.15) is 5.75 Å². The van der Waals surface area contributed by atoms with Crippen LogP contribution in [0.2, 0.25) is 0 Å². The lowest BCUT2D eigenvalue weighted by molar-refractivity contribution is 0.112. The van der Waals surface area contributed by atoms with E-state index >= 15 is 0 Å². The second-order valence-corrected chi connectivity index (χ2v) is 6.45. The number of rotatable bonds is 6. The molecular formula is C22H22N2O4. The molecule has 0 fully saturated rings. The van der Waals surface area contributed by atoms with Gasteiger partial charge < -0.3 is 14.2 Å². The lowest BCUT2D eigenvalue weighted by atomic mass is 9.91. The Labute approximate surface area is 164 Å². The van der Waals surface area contributed by atoms with Crippen molar-refractivity contribution in [1.29, 1.82) is 0 Å². The van der Waals surface area contributed by atoms with Crippen LogP contribution in [0.5, 0.6) is 23.5 Å². The van der Waals surface area contributed by atoms with Crippen LogP contribution in [0.3, 0.4) is 0 Å². The molecule has 6 heteroatoms. The van der Waals surface area contributed by atoms with Gasteiger partial charge in [-0.1, -0.05) is 29.8 Å². The molecule has 0 N–H and O–H groups in total. The molecule has 1 heterocycles. The zero-order chi connectivity index (χ0) is 20.3. The fourth-order valence-corrected chi connectivity index (χ4v) is 3.31. The quantitative estimate of drug-likeness (QED) is 0.580. The highest BCUT2D eigenvalue weighted by Crippen LogP contribution is 2.36. The summed E-state index contributed by atoms with van der Waals surface area (Å²) in [4.78, 5) is 20.3. The smallest absolute Gasteiger partial charge is 0.328 e. The molecule has 0 radical (unpaired) electrons. The molecule has 3 aromatic rings. The first-order chi connectivity index (χ1) is 13.5. The highest BCUT2D eigenvalue weighted by molar-refractivity contribution is 5.92. The number of nitrogens with zero attached hydrogens (tertiary/aromatic N) is 2. The van der Waals surface area contributed by atoms with Crippen molar-refractivity contribution in [3.05, 3.63) is 58.7 Å². The van der Waals surface area contributed by atoms with E-state index in [0.717, 1.165) is 28.5 Å². The highest BCUT2D eigenvalue weighted by atomic mass is 16.5. The van der Waals surface area contributed by atoms with Gasteiger partial charge in [-0.15, -0.1) is 0 Å². The van der Waals surface area contributed by atoms with E-state index in [4.69, 9.17) is 14.2 Å². The van der Waals surface area contributed by atoms with Crippen LogP contribution in [0.15, 0.2) is 36.4 Å². The number of hydrogen-bond donors (Lipinski definition) is 0. The van der Waals surface area contributed by atoms with Crippen molar-refractivity contribution in [2.24, 2.45) is 0 Å². The molecule has 0 saturated heterocycles. The van der Waals surface area contributed by atoms with E-state index < -0.39 is 0 Å². The fraction of sp³-hybridized carbons (Fsp3) is 0.227. The summed E-state index contributed by atoms with van der Waals surface area (Å²) in [6, 6.07) is 11.2. The van der Waals surface area contributed by atoms with Gasteiger partial charge in [-0.25, -0.2) is 0 Å². The molecule has 0 atom stereocenters. The standard InChI is InChI=1S/C22H22N2O4/c1-13-9-14(2)21(15(3)10-13)16-7-6-8-18(17(16)12-25)28-22-23-19(26-4)11-20(24-22)27-5/h6-12H,1-5H3. The van der Waals surface area contributed by atoms with Gasteiger partial charge in [0.15, 0.2) is 6.29 Å². The van der Waals surface area contributed by atoms with Crippen molar-refractivity contribution in [1.82, 2.24) is 9.97 Å². The third kappa shape index (κ3) is 3.81. The zero-order valence-electron chi connectivity index (χ0n) is 16.6. The van der Waals surface area contributed by atoms with Crippen molar-refractivity contribution in [2.75, 3.05) is 14.2 Å². The molecule has 0 aliphatic carbocycles. The highest BCUT2D eigenvalue weighted by Gasteiger charge is 2.17. The average molecular weight is 378 g/mol. The van der Waals surface area contributed by atoms with Crippen LogP contribution in [0, 0.1) is 20.8 Å². The van der Waals surface area contributed by atoms with E-state index in [1.54, 1.807) is 12.1 Å². The zero-order valence-corrected chi connectivity index (χ0v) is 16.6. The maximum absolute atomic E-state index is 12.0. The Balaban J connectivity index is 2.11. The molecule has 3 rings (SSSR count). The van der Waals surface area contributed by atoms with E-state index in [0.29, 0.717) is 23.1 Å². The monoisotopic (exact) mass is 378 g/mol. The van der Waals surface area contributed by atoms with Crippen LogP contribution in [0.1, 0.15) is 27.0 Å². The minimum Gasteiger partial charge on any atom is -0.481 e. The van der Waals surface area contributed by atoms with Gasteiger partial charge in [0, 0.05) is 0 Å². The number of methoxy groups -OCH3 is 2. The molecule has 6 nitrogen and oxygen atoms in total. The number of benzene rings is 2. The molecule has 0 aliphatic heterocycles. The Morgan fingerprint density at radius 2 is 1.50 bits per heavy atom. The van der Waals surface area contributed by atoms with Crippen LogP contribution in [-0.4, -0.2) is 30.5 Å². The summed E-state index contributed by atoms with van der Waals surface area (Å²) in [5.41, 5.74) is 5.62. The second kappa shape index (κ2) is 8.08. The van der Waals surface area contributed by atoms with Gasteiger partial charge >= 0.3 is 6.01 Å². The molecule has 28 heavy (non-hydrogen) atoms. The Hall–Kier alpha value is -3.41. The third-order valence-corrected chi connectivity index (χ3v) is 4.41. The number of hydrogen-bond acceptors (Lipinski definition) is 6. The van der Waals surface area contributed by atoms with E-state index in [2.05, 4.69) is 29.0 Å². The molecule has 0 amide bonds. The third-order valence-electron chi connectivity index (χ3n) is 4.41. The van der Waals surface area contributed by atoms with Crippen LogP contribution in [-0.2, 0) is 0 Å². The van der Waals surface area contributed by atoms with E-state index in [1.807, 2.05) is 26.0 Å². The predicted octanol–water partition coefficient (Wildman–Crippen LogP) is 4.69. The summed E-state index contributed by atoms with van der Waals surface area (Å²) < 4.78 is 16.1. The first-order valence-electron chi connectivity index (χ1n) is 8.78. The number of carbonyl (C=O) groups excluding carboxylic acids is 1. The molecule has 0 bridgehead atoms. The summed E-state index contributed by atoms with van der Waals surface area (Å²) >= 11 is 0. The Bertz CT molecular complexity index is 986. The van der Waals surface area contributed by atoms with E-state index in [-0.39, 0.29) is 6.01 Å². The van der Waals surface area contributed by atoms with Crippen LogP contribution < -0.4 is 14.2 Å². The summed E-state index contributed by atoms with van der Waals surface area (Å²) in [5, 5.41) is 0. The number of ether oxygens (including phenoxy) is 3. The summed E-state index contributed by atoms with van der Waals surface area (Å²) in [6.45, 7) is 6.12. The SMILES string of the molecule is COc1cc(OC)nc(Oc2cccc(-c3c(C)cc(C)cc3C)c2C=O)n1. The second-order valence-electron chi connectivity index (χ2n) is 6.45. The number of aromatic nitrogens is 2. The number of carbonyl (C=O) groups is 1. The summed E-state index contributed by atoms with van der Waals surface area (Å²) in [6.07, 6.45) is 0.792. The van der Waals surface area contributed by atoms with Gasteiger partial charge in [-0.3, -0.25) is 4.79 Å². The molecule has 0 aliphatic rings. The van der Waals surface area contributed by atoms with Crippen molar-refractivity contribution >= 4 is 6.29 Å². The van der Waals surface area contributed by atoms with E-state index in [1.165, 1.54) is 19.8 Å². The largest absolute Gasteiger partial charge is 0.481 e. The minimum absolute atomic E-state index is 0.0359. The first kappa shape index (κ1) is 19.4. The van der Waals surface area contributed by atoms with Gasteiger partial charge in [0.05, 0.1) is 25.8 Å². The van der Waals surface area contributed by atoms with Crippen molar-refractivity contribution in [3.63, 3.8) is 0 Å². The van der Waals surface area contributed by atoms with Crippen LogP contribution in [0.25, 0.3) is 11.1 Å². The Morgan fingerprint density at radius 1 is 0.893 bits per heavy atom. The van der Waals surface area contributed by atoms with Crippen LogP contribution >= 0.6 is 0 Å². The number of aryl methyl sites for hydroxylation is 3. The molecule has 1 aromatic heterocycles. The maximum atomic E-state index is 12.0. The molecule has 144 valence electrons. The van der Waals surface area contributed by atoms with Gasteiger partial charge in [-0.05, 0) is 49.1 Å². The summed E-state index contributed by atoms with van der Waals surface area (Å²) in [5.74, 6) is 0.967. The number of aldehydes is 1. The first-order valence-corrected chi connectivity index (χ1v) is 8.78. The van der Waals surface area contributed by atoms with Crippen molar-refractivity contribution in [3.8, 4) is 34.6 Å². The Kier molecular flexibility index (Phi) is 5.59. The van der Waals surface area contributed by atoms with Gasteiger partial charge in [-0.2, -0.15) is 9.97 Å². The maximum Gasteiger partial charge on any atom is 0.328 e. The van der Waals surface area contributed by atoms with E-state index in [9.17, 15) is 4.79 Å². The molecule has 0 unspecified atom stereocenters. The molecule has 0 spiro atoms. The van der Waals surface area contributed by atoms with Gasteiger partial charge in [0.2, 0.25) is 11.8 Å². The molecule has 0 saturated carbocycles. The lowest BCUT2D eigenvalue weighted by Gasteiger charge is -2.16. The topological polar surface area (TPSA) is 70.5 Å². The van der Waals surface area contributed by atoms with Crippen molar-refractivity contribution in [2.45, 2.75) is 20.8 Å². The Morgan fingerprint density at radius 3 is 2.04 bits per heavy atom. The summed E-state index contributed by atoms with van der Waals surface area (Å²) in [7, 11) is 2.98. The molecule has 2 aromatic carbocycles. The minimum atomic E-state index is 0.0359. The molecular weight excluding hydrogens is 356 g/mol. The fourth-order valence-electron chi connectivity index (χ4n) is 3.31.